The lowest BCUT2D eigenvalue weighted by molar-refractivity contribution is -0.384. The van der Waals surface area contributed by atoms with Crippen molar-refractivity contribution in [1.82, 2.24) is 15.1 Å². The molecule has 0 aliphatic heterocycles. The SMILES string of the molecule is O=C(NCCn1nc(C2CC2)ccc1=O)c1cc([N+](=O)[O-])ccc1Cl. The summed E-state index contributed by atoms with van der Waals surface area (Å²) in [7, 11) is 0. The van der Waals surface area contributed by atoms with Gasteiger partial charge in [-0.25, -0.2) is 4.68 Å². The lowest BCUT2D eigenvalue weighted by atomic mass is 10.2. The average molecular weight is 363 g/mol. The van der Waals surface area contributed by atoms with Crippen molar-refractivity contribution in [3.8, 4) is 0 Å². The van der Waals surface area contributed by atoms with E-state index in [1.807, 2.05) is 0 Å². The molecule has 1 saturated carbocycles. The first-order chi connectivity index (χ1) is 12.0. The molecule has 1 aliphatic rings. The number of halogens is 1. The van der Waals surface area contributed by atoms with Gasteiger partial charge in [0.05, 0.1) is 27.7 Å². The van der Waals surface area contributed by atoms with Crippen molar-refractivity contribution < 1.29 is 9.72 Å². The minimum atomic E-state index is -0.597. The molecule has 3 rings (SSSR count). The Morgan fingerprint density at radius 3 is 2.80 bits per heavy atom. The fourth-order valence-electron chi connectivity index (χ4n) is 2.39. The molecule has 9 heteroatoms. The van der Waals surface area contributed by atoms with Crippen molar-refractivity contribution in [3.63, 3.8) is 0 Å². The molecule has 1 amide bonds. The second kappa shape index (κ2) is 7.02. The summed E-state index contributed by atoms with van der Waals surface area (Å²) in [5.74, 6) is -0.120. The number of nitro groups is 1. The molecule has 25 heavy (non-hydrogen) atoms. The minimum absolute atomic E-state index is 0.0166. The van der Waals surface area contributed by atoms with Crippen LogP contribution in [0.2, 0.25) is 5.02 Å². The monoisotopic (exact) mass is 362 g/mol. The third-order valence-electron chi connectivity index (χ3n) is 3.90. The van der Waals surface area contributed by atoms with Gasteiger partial charge >= 0.3 is 0 Å². The van der Waals surface area contributed by atoms with Crippen LogP contribution in [0.3, 0.4) is 0 Å². The number of carbonyl (C=O) groups excluding carboxylic acids is 1. The van der Waals surface area contributed by atoms with Crippen molar-refractivity contribution in [3.05, 3.63) is 67.1 Å². The molecule has 1 aliphatic carbocycles. The van der Waals surface area contributed by atoms with Crippen molar-refractivity contribution in [2.45, 2.75) is 25.3 Å². The highest BCUT2D eigenvalue weighted by molar-refractivity contribution is 6.33. The van der Waals surface area contributed by atoms with Crippen molar-refractivity contribution in [2.24, 2.45) is 0 Å². The lowest BCUT2D eigenvalue weighted by Crippen LogP contribution is -2.32. The summed E-state index contributed by atoms with van der Waals surface area (Å²) in [6.45, 7) is 0.358. The van der Waals surface area contributed by atoms with Crippen LogP contribution in [-0.2, 0) is 6.54 Å². The van der Waals surface area contributed by atoms with Crippen LogP contribution >= 0.6 is 11.6 Å². The number of hydrogen-bond donors (Lipinski definition) is 1. The molecule has 8 nitrogen and oxygen atoms in total. The van der Waals surface area contributed by atoms with Gasteiger partial charge in [0.2, 0.25) is 0 Å². The van der Waals surface area contributed by atoms with Gasteiger partial charge in [-0.1, -0.05) is 11.6 Å². The van der Waals surface area contributed by atoms with E-state index in [4.69, 9.17) is 11.6 Å². The Balaban J connectivity index is 1.65. The number of amides is 1. The van der Waals surface area contributed by atoms with E-state index in [9.17, 15) is 19.7 Å². The maximum atomic E-state index is 12.2. The molecule has 1 heterocycles. The Morgan fingerprint density at radius 2 is 2.12 bits per heavy atom. The van der Waals surface area contributed by atoms with Gasteiger partial charge in [0.1, 0.15) is 0 Å². The van der Waals surface area contributed by atoms with E-state index in [2.05, 4.69) is 10.4 Å². The molecule has 0 radical (unpaired) electrons. The number of aromatic nitrogens is 2. The number of hydrogen-bond acceptors (Lipinski definition) is 5. The topological polar surface area (TPSA) is 107 Å². The first-order valence-corrected chi connectivity index (χ1v) is 8.13. The molecular weight excluding hydrogens is 348 g/mol. The highest BCUT2D eigenvalue weighted by Gasteiger charge is 2.25. The molecule has 0 spiro atoms. The average Bonchev–Trinajstić information content (AvgIpc) is 3.41. The van der Waals surface area contributed by atoms with Crippen LogP contribution in [0, 0.1) is 10.1 Å². The zero-order chi connectivity index (χ0) is 18.0. The second-order valence-corrected chi connectivity index (χ2v) is 6.18. The number of nitro benzene ring substituents is 1. The highest BCUT2D eigenvalue weighted by Crippen LogP contribution is 2.38. The van der Waals surface area contributed by atoms with Gasteiger partial charge in [-0.15, -0.1) is 0 Å². The van der Waals surface area contributed by atoms with Crippen LogP contribution < -0.4 is 10.9 Å². The van der Waals surface area contributed by atoms with Crippen molar-refractivity contribution >= 4 is 23.2 Å². The van der Waals surface area contributed by atoms with Gasteiger partial charge in [0.25, 0.3) is 17.2 Å². The molecule has 0 bridgehead atoms. The molecule has 1 N–H and O–H groups in total. The van der Waals surface area contributed by atoms with Gasteiger partial charge in [-0.05, 0) is 25.0 Å². The van der Waals surface area contributed by atoms with E-state index in [-0.39, 0.29) is 34.9 Å². The number of nitrogens with zero attached hydrogens (tertiary/aromatic N) is 3. The number of non-ortho nitro benzene ring substituents is 1. The Hall–Kier alpha value is -2.74. The predicted molar refractivity (Wildman–Crippen MR) is 90.9 cm³/mol. The summed E-state index contributed by atoms with van der Waals surface area (Å²) in [5.41, 5.74) is 0.437. The van der Waals surface area contributed by atoms with Crippen LogP contribution in [0.5, 0.6) is 0 Å². The summed E-state index contributed by atoms with van der Waals surface area (Å²) in [6, 6.07) is 6.86. The Kier molecular flexibility index (Phi) is 4.80. The van der Waals surface area contributed by atoms with Crippen LogP contribution in [0.25, 0.3) is 0 Å². The molecule has 1 aromatic carbocycles. The maximum absolute atomic E-state index is 12.2. The van der Waals surface area contributed by atoms with Crippen LogP contribution in [0.15, 0.2) is 35.1 Å². The Morgan fingerprint density at radius 1 is 1.36 bits per heavy atom. The standard InChI is InChI=1S/C16H15ClN4O4/c17-13-4-3-11(21(24)25)9-12(13)16(23)18-7-8-20-15(22)6-5-14(19-20)10-1-2-10/h3-6,9-10H,1-2,7-8H2,(H,18,23). The Labute approximate surface area is 147 Å². The molecule has 2 aromatic rings. The molecule has 1 fully saturated rings. The largest absolute Gasteiger partial charge is 0.350 e. The van der Waals surface area contributed by atoms with E-state index in [1.165, 1.54) is 22.9 Å². The minimum Gasteiger partial charge on any atom is -0.350 e. The summed E-state index contributed by atoms with van der Waals surface area (Å²) >= 11 is 5.93. The van der Waals surface area contributed by atoms with E-state index in [0.717, 1.165) is 24.6 Å². The van der Waals surface area contributed by atoms with E-state index in [0.29, 0.717) is 5.92 Å². The fraction of sp³-hybridized carbons (Fsp3) is 0.312. The van der Waals surface area contributed by atoms with Gasteiger partial charge in [-0.2, -0.15) is 5.10 Å². The van der Waals surface area contributed by atoms with Crippen LogP contribution in [0.1, 0.15) is 34.8 Å². The van der Waals surface area contributed by atoms with Crippen LogP contribution in [0.4, 0.5) is 5.69 Å². The summed E-state index contributed by atoms with van der Waals surface area (Å²) < 4.78 is 1.31. The molecule has 130 valence electrons. The van der Waals surface area contributed by atoms with Gasteiger partial charge < -0.3 is 5.32 Å². The van der Waals surface area contributed by atoms with E-state index < -0.39 is 10.8 Å². The molecular formula is C16H15ClN4O4. The Bertz CT molecular complexity index is 892. The summed E-state index contributed by atoms with van der Waals surface area (Å²) in [4.78, 5) is 34.2. The highest BCUT2D eigenvalue weighted by atomic mass is 35.5. The maximum Gasteiger partial charge on any atom is 0.270 e. The van der Waals surface area contributed by atoms with Gasteiger partial charge in [0.15, 0.2) is 0 Å². The normalized spacial score (nSPS) is 13.5. The first-order valence-electron chi connectivity index (χ1n) is 7.76. The third kappa shape index (κ3) is 4.03. The second-order valence-electron chi connectivity index (χ2n) is 5.77. The molecule has 0 atom stereocenters. The number of rotatable bonds is 6. The zero-order valence-electron chi connectivity index (χ0n) is 13.1. The van der Waals surface area contributed by atoms with Crippen molar-refractivity contribution in [2.75, 3.05) is 6.54 Å². The third-order valence-corrected chi connectivity index (χ3v) is 4.23. The lowest BCUT2D eigenvalue weighted by Gasteiger charge is -2.09. The summed E-state index contributed by atoms with van der Waals surface area (Å²) in [5, 5.41) is 17.8. The predicted octanol–water partition coefficient (Wildman–Crippen LogP) is 2.11. The number of benzene rings is 1. The quantitative estimate of drug-likeness (QED) is 0.625. The van der Waals surface area contributed by atoms with Crippen molar-refractivity contribution in [1.29, 1.82) is 0 Å². The molecule has 1 aromatic heterocycles. The summed E-state index contributed by atoms with van der Waals surface area (Å²) in [6.07, 6.45) is 2.15. The van der Waals surface area contributed by atoms with E-state index in [1.54, 1.807) is 6.07 Å². The number of nitrogens with one attached hydrogen (secondary N) is 1. The van der Waals surface area contributed by atoms with Gasteiger partial charge in [0, 0.05) is 30.7 Å². The number of carbonyl (C=O) groups is 1. The van der Waals surface area contributed by atoms with E-state index >= 15 is 0 Å². The molecule has 0 saturated heterocycles. The molecule has 0 unspecified atom stereocenters. The zero-order valence-corrected chi connectivity index (χ0v) is 13.9. The fourth-order valence-corrected chi connectivity index (χ4v) is 2.60. The van der Waals surface area contributed by atoms with Crippen LogP contribution in [-0.4, -0.2) is 27.2 Å². The smallest absolute Gasteiger partial charge is 0.270 e. The van der Waals surface area contributed by atoms with Gasteiger partial charge in [-0.3, -0.25) is 19.7 Å². The first kappa shape index (κ1) is 17.1.